The summed E-state index contributed by atoms with van der Waals surface area (Å²) in [4.78, 5) is 11.4. The normalized spacial score (nSPS) is 11.1. The molecule has 0 bridgehead atoms. The second-order valence-corrected chi connectivity index (χ2v) is 4.45. The Morgan fingerprint density at radius 1 is 1.35 bits per heavy atom. The van der Waals surface area contributed by atoms with E-state index in [0.717, 1.165) is 12.1 Å². The van der Waals surface area contributed by atoms with E-state index in [-0.39, 0.29) is 5.69 Å². The SMILES string of the molecule is CC(C)(C)OC(=O)Nc1c(N)ccc(F)c1F. The maximum absolute atomic E-state index is 13.3. The number of rotatable bonds is 1. The number of halogens is 2. The van der Waals surface area contributed by atoms with E-state index < -0.39 is 29.0 Å². The Morgan fingerprint density at radius 2 is 1.94 bits per heavy atom. The predicted molar refractivity (Wildman–Crippen MR) is 60.6 cm³/mol. The van der Waals surface area contributed by atoms with Gasteiger partial charge in [-0.1, -0.05) is 0 Å². The maximum atomic E-state index is 13.3. The lowest BCUT2D eigenvalue weighted by Gasteiger charge is -2.20. The smallest absolute Gasteiger partial charge is 0.412 e. The number of nitrogens with one attached hydrogen (secondary N) is 1. The largest absolute Gasteiger partial charge is 0.444 e. The summed E-state index contributed by atoms with van der Waals surface area (Å²) in [6.45, 7) is 4.95. The van der Waals surface area contributed by atoms with Crippen molar-refractivity contribution in [3.05, 3.63) is 23.8 Å². The highest BCUT2D eigenvalue weighted by molar-refractivity contribution is 5.89. The second kappa shape index (κ2) is 4.57. The number of hydrogen-bond donors (Lipinski definition) is 2. The molecule has 1 aromatic rings. The highest BCUT2D eigenvalue weighted by atomic mass is 19.2. The molecule has 0 fully saturated rings. The minimum absolute atomic E-state index is 0.0743. The zero-order valence-corrected chi connectivity index (χ0v) is 9.80. The third-order valence-corrected chi connectivity index (χ3v) is 1.75. The number of carbonyl (C=O) groups is 1. The third-order valence-electron chi connectivity index (χ3n) is 1.75. The summed E-state index contributed by atoms with van der Waals surface area (Å²) in [6.07, 6.45) is -0.895. The average molecular weight is 244 g/mol. The van der Waals surface area contributed by atoms with Gasteiger partial charge < -0.3 is 10.5 Å². The summed E-state index contributed by atoms with van der Waals surface area (Å²) in [5.74, 6) is -2.30. The van der Waals surface area contributed by atoms with Crippen molar-refractivity contribution >= 4 is 17.5 Å². The molecular weight excluding hydrogens is 230 g/mol. The summed E-state index contributed by atoms with van der Waals surface area (Å²) in [5, 5.41) is 2.07. The number of anilines is 2. The van der Waals surface area contributed by atoms with Gasteiger partial charge in [0.15, 0.2) is 11.6 Å². The summed E-state index contributed by atoms with van der Waals surface area (Å²) in [6, 6.07) is 2.04. The molecule has 0 aliphatic heterocycles. The van der Waals surface area contributed by atoms with Crippen LogP contribution in [0, 0.1) is 11.6 Å². The minimum atomic E-state index is -1.21. The van der Waals surface area contributed by atoms with Crippen molar-refractivity contribution in [2.45, 2.75) is 26.4 Å². The van der Waals surface area contributed by atoms with Gasteiger partial charge in [-0.2, -0.15) is 0 Å². The van der Waals surface area contributed by atoms with Crippen molar-refractivity contribution in [1.29, 1.82) is 0 Å². The molecule has 0 aromatic heterocycles. The Balaban J connectivity index is 2.89. The molecule has 0 aliphatic carbocycles. The van der Waals surface area contributed by atoms with Crippen molar-refractivity contribution in [2.24, 2.45) is 0 Å². The first-order chi connectivity index (χ1) is 7.70. The maximum Gasteiger partial charge on any atom is 0.412 e. The van der Waals surface area contributed by atoms with Crippen LogP contribution < -0.4 is 11.1 Å². The van der Waals surface area contributed by atoms with Gasteiger partial charge >= 0.3 is 6.09 Å². The number of nitrogens with two attached hydrogens (primary N) is 1. The number of carbonyl (C=O) groups excluding carboxylic acids is 1. The quantitative estimate of drug-likeness (QED) is 0.746. The van der Waals surface area contributed by atoms with Crippen LogP contribution in [0.5, 0.6) is 0 Å². The molecule has 0 atom stereocenters. The molecule has 0 saturated heterocycles. The van der Waals surface area contributed by atoms with E-state index in [4.69, 9.17) is 10.5 Å². The Kier molecular flexibility index (Phi) is 3.55. The van der Waals surface area contributed by atoms with Crippen LogP contribution in [0.3, 0.4) is 0 Å². The van der Waals surface area contributed by atoms with Crippen LogP contribution >= 0.6 is 0 Å². The molecule has 0 heterocycles. The monoisotopic (exact) mass is 244 g/mol. The molecule has 6 heteroatoms. The topological polar surface area (TPSA) is 64.3 Å². The minimum Gasteiger partial charge on any atom is -0.444 e. The Bertz CT molecular complexity index is 442. The first kappa shape index (κ1) is 13.2. The molecule has 1 amide bonds. The van der Waals surface area contributed by atoms with Crippen molar-refractivity contribution in [1.82, 2.24) is 0 Å². The van der Waals surface area contributed by atoms with Crippen molar-refractivity contribution in [3.8, 4) is 0 Å². The van der Waals surface area contributed by atoms with Gasteiger partial charge in [0.1, 0.15) is 11.3 Å². The van der Waals surface area contributed by atoms with Crippen LogP contribution in [-0.4, -0.2) is 11.7 Å². The van der Waals surface area contributed by atoms with Gasteiger partial charge in [0.05, 0.1) is 5.69 Å². The highest BCUT2D eigenvalue weighted by Crippen LogP contribution is 2.25. The number of nitrogen functional groups attached to an aromatic ring is 1. The molecule has 0 unspecified atom stereocenters. The van der Waals surface area contributed by atoms with Crippen LogP contribution in [0.2, 0.25) is 0 Å². The number of ether oxygens (including phenoxy) is 1. The fourth-order valence-electron chi connectivity index (χ4n) is 1.10. The Hall–Kier alpha value is -1.85. The predicted octanol–water partition coefficient (Wildman–Crippen LogP) is 2.89. The third kappa shape index (κ3) is 3.58. The molecule has 1 rings (SSSR count). The van der Waals surface area contributed by atoms with Gasteiger partial charge in [0, 0.05) is 0 Å². The molecular formula is C11H14F2N2O2. The van der Waals surface area contributed by atoms with Gasteiger partial charge in [-0.3, -0.25) is 5.32 Å². The van der Waals surface area contributed by atoms with Gasteiger partial charge in [-0.25, -0.2) is 13.6 Å². The van der Waals surface area contributed by atoms with E-state index in [9.17, 15) is 13.6 Å². The molecule has 0 spiro atoms. The van der Waals surface area contributed by atoms with Gasteiger partial charge in [0.25, 0.3) is 0 Å². The number of benzene rings is 1. The Morgan fingerprint density at radius 3 is 2.47 bits per heavy atom. The number of amides is 1. The molecule has 17 heavy (non-hydrogen) atoms. The Labute approximate surface area is 97.8 Å². The standard InChI is InChI=1S/C11H14F2N2O2/c1-11(2,3)17-10(16)15-9-7(14)5-4-6(12)8(9)13/h4-5H,14H2,1-3H3,(H,15,16). The molecule has 1 aromatic carbocycles. The zero-order chi connectivity index (χ0) is 13.2. The first-order valence-electron chi connectivity index (χ1n) is 4.94. The molecule has 0 saturated carbocycles. The van der Waals surface area contributed by atoms with Crippen molar-refractivity contribution in [3.63, 3.8) is 0 Å². The van der Waals surface area contributed by atoms with Crippen molar-refractivity contribution in [2.75, 3.05) is 11.1 Å². The molecule has 3 N–H and O–H groups in total. The molecule has 94 valence electrons. The fraction of sp³-hybridized carbons (Fsp3) is 0.364. The van der Waals surface area contributed by atoms with Crippen LogP contribution in [0.4, 0.5) is 25.0 Å². The summed E-state index contributed by atoms with van der Waals surface area (Å²) in [7, 11) is 0. The number of hydrogen-bond acceptors (Lipinski definition) is 3. The highest BCUT2D eigenvalue weighted by Gasteiger charge is 2.19. The van der Waals surface area contributed by atoms with Crippen LogP contribution in [0.1, 0.15) is 20.8 Å². The lowest BCUT2D eigenvalue weighted by molar-refractivity contribution is 0.0635. The lowest BCUT2D eigenvalue weighted by Crippen LogP contribution is -2.27. The summed E-state index contributed by atoms with van der Waals surface area (Å²) in [5.41, 5.74) is 4.20. The summed E-state index contributed by atoms with van der Waals surface area (Å²) >= 11 is 0. The van der Waals surface area contributed by atoms with Crippen LogP contribution in [0.15, 0.2) is 12.1 Å². The van der Waals surface area contributed by atoms with Crippen LogP contribution in [-0.2, 0) is 4.74 Å². The van der Waals surface area contributed by atoms with Gasteiger partial charge in [-0.15, -0.1) is 0 Å². The van der Waals surface area contributed by atoms with Crippen LogP contribution in [0.25, 0.3) is 0 Å². The van der Waals surface area contributed by atoms with E-state index in [1.165, 1.54) is 0 Å². The molecule has 0 radical (unpaired) electrons. The zero-order valence-electron chi connectivity index (χ0n) is 9.80. The lowest BCUT2D eigenvalue weighted by atomic mass is 10.2. The van der Waals surface area contributed by atoms with Gasteiger partial charge in [-0.05, 0) is 32.9 Å². The fourth-order valence-corrected chi connectivity index (χ4v) is 1.10. The average Bonchev–Trinajstić information content (AvgIpc) is 2.16. The van der Waals surface area contributed by atoms with E-state index in [0.29, 0.717) is 0 Å². The van der Waals surface area contributed by atoms with Gasteiger partial charge in [0.2, 0.25) is 0 Å². The first-order valence-corrected chi connectivity index (χ1v) is 4.94. The van der Waals surface area contributed by atoms with E-state index in [2.05, 4.69) is 5.32 Å². The van der Waals surface area contributed by atoms with E-state index in [1.807, 2.05) is 0 Å². The van der Waals surface area contributed by atoms with E-state index >= 15 is 0 Å². The van der Waals surface area contributed by atoms with E-state index in [1.54, 1.807) is 20.8 Å². The summed E-state index contributed by atoms with van der Waals surface area (Å²) < 4.78 is 31.2. The second-order valence-electron chi connectivity index (χ2n) is 4.45. The molecule has 4 nitrogen and oxygen atoms in total. The molecule has 0 aliphatic rings. The van der Waals surface area contributed by atoms with Crippen molar-refractivity contribution < 1.29 is 18.3 Å².